The number of hydrogen-bond donors (Lipinski definition) is 1. The first kappa shape index (κ1) is 15.8. The van der Waals surface area contributed by atoms with E-state index in [1.807, 2.05) is 19.1 Å². The number of likely N-dealkylation sites (N-methyl/N-ethyl adjacent to an activating group) is 1. The summed E-state index contributed by atoms with van der Waals surface area (Å²) in [4.78, 5) is 2.22. The average molecular weight is 266 g/mol. The van der Waals surface area contributed by atoms with Gasteiger partial charge in [-0.3, -0.25) is 4.90 Å². The van der Waals surface area contributed by atoms with Crippen molar-refractivity contribution in [3.05, 3.63) is 23.3 Å². The number of aryl methyl sites for hydroxylation is 1. The molecule has 0 amide bonds. The van der Waals surface area contributed by atoms with Gasteiger partial charge in [-0.15, -0.1) is 0 Å². The Kier molecular flexibility index (Phi) is 5.20. The summed E-state index contributed by atoms with van der Waals surface area (Å²) in [6.45, 7) is 7.65. The Balaban J connectivity index is 3.06. The highest BCUT2D eigenvalue weighted by atomic mass is 16.5. The standard InChI is InChI=1S/C15H26N2O2/c1-11-7-14(19-6)12(8-13(11)18-5)9-17(4)15(2,3)10-16/h7-8H,9-10,16H2,1-6H3. The smallest absolute Gasteiger partial charge is 0.123 e. The molecule has 1 rings (SSSR count). The summed E-state index contributed by atoms with van der Waals surface area (Å²) in [5.74, 6) is 1.77. The van der Waals surface area contributed by atoms with Gasteiger partial charge in [-0.2, -0.15) is 0 Å². The second-order valence-corrected chi connectivity index (χ2v) is 5.51. The molecule has 4 nitrogen and oxygen atoms in total. The molecule has 2 N–H and O–H groups in total. The molecule has 0 unspecified atom stereocenters. The molecule has 0 aliphatic heterocycles. The Labute approximate surface area is 116 Å². The van der Waals surface area contributed by atoms with E-state index in [0.717, 1.165) is 29.2 Å². The molecule has 0 spiro atoms. The largest absolute Gasteiger partial charge is 0.496 e. The zero-order valence-corrected chi connectivity index (χ0v) is 12.9. The maximum atomic E-state index is 5.81. The van der Waals surface area contributed by atoms with E-state index in [4.69, 9.17) is 15.2 Å². The van der Waals surface area contributed by atoms with E-state index < -0.39 is 0 Å². The maximum absolute atomic E-state index is 5.81. The number of ether oxygens (including phenoxy) is 2. The van der Waals surface area contributed by atoms with Crippen LogP contribution in [0.4, 0.5) is 0 Å². The summed E-state index contributed by atoms with van der Waals surface area (Å²) in [7, 11) is 5.45. The molecule has 0 aliphatic carbocycles. The van der Waals surface area contributed by atoms with Gasteiger partial charge in [0.2, 0.25) is 0 Å². The number of rotatable bonds is 6. The van der Waals surface area contributed by atoms with Crippen molar-refractivity contribution in [3.8, 4) is 11.5 Å². The molecule has 0 heterocycles. The van der Waals surface area contributed by atoms with Crippen molar-refractivity contribution in [2.24, 2.45) is 5.73 Å². The van der Waals surface area contributed by atoms with E-state index in [-0.39, 0.29) is 5.54 Å². The van der Waals surface area contributed by atoms with Gasteiger partial charge in [-0.1, -0.05) is 0 Å². The first-order chi connectivity index (χ1) is 8.85. The third kappa shape index (κ3) is 3.61. The lowest BCUT2D eigenvalue weighted by Crippen LogP contribution is -2.46. The highest BCUT2D eigenvalue weighted by Gasteiger charge is 2.23. The van der Waals surface area contributed by atoms with Crippen molar-refractivity contribution in [1.29, 1.82) is 0 Å². The number of hydrogen-bond acceptors (Lipinski definition) is 4. The number of methoxy groups -OCH3 is 2. The topological polar surface area (TPSA) is 47.7 Å². The SMILES string of the molecule is COc1cc(CN(C)C(C)(C)CN)c(OC)cc1C. The summed E-state index contributed by atoms with van der Waals surface area (Å²) in [6.07, 6.45) is 0. The average Bonchev–Trinajstić information content (AvgIpc) is 2.39. The molecule has 19 heavy (non-hydrogen) atoms. The van der Waals surface area contributed by atoms with Crippen molar-refractivity contribution in [1.82, 2.24) is 4.90 Å². The number of nitrogens with zero attached hydrogens (tertiary/aromatic N) is 1. The van der Waals surface area contributed by atoms with Crippen LogP contribution in [0.15, 0.2) is 12.1 Å². The van der Waals surface area contributed by atoms with Gasteiger partial charge in [0, 0.05) is 24.2 Å². The minimum atomic E-state index is -0.0524. The van der Waals surface area contributed by atoms with Crippen LogP contribution in [0.1, 0.15) is 25.0 Å². The van der Waals surface area contributed by atoms with E-state index in [1.165, 1.54) is 0 Å². The fraction of sp³-hybridized carbons (Fsp3) is 0.600. The lowest BCUT2D eigenvalue weighted by molar-refractivity contribution is 0.154. The van der Waals surface area contributed by atoms with Gasteiger partial charge in [0.15, 0.2) is 0 Å². The summed E-state index contributed by atoms with van der Waals surface area (Å²) in [5.41, 5.74) is 7.94. The number of benzene rings is 1. The molecule has 0 saturated carbocycles. The second-order valence-electron chi connectivity index (χ2n) is 5.51. The lowest BCUT2D eigenvalue weighted by atomic mass is 10.0. The quantitative estimate of drug-likeness (QED) is 0.857. The molecule has 4 heteroatoms. The summed E-state index contributed by atoms with van der Waals surface area (Å²) in [5, 5.41) is 0. The van der Waals surface area contributed by atoms with Crippen LogP contribution >= 0.6 is 0 Å². The summed E-state index contributed by atoms with van der Waals surface area (Å²) in [6, 6.07) is 4.05. The summed E-state index contributed by atoms with van der Waals surface area (Å²) >= 11 is 0. The van der Waals surface area contributed by atoms with E-state index in [9.17, 15) is 0 Å². The van der Waals surface area contributed by atoms with Gasteiger partial charge in [-0.05, 0) is 45.5 Å². The molecule has 108 valence electrons. The van der Waals surface area contributed by atoms with Gasteiger partial charge in [0.1, 0.15) is 11.5 Å². The minimum Gasteiger partial charge on any atom is -0.496 e. The Morgan fingerprint density at radius 3 is 2.21 bits per heavy atom. The van der Waals surface area contributed by atoms with Crippen LogP contribution in [0.5, 0.6) is 11.5 Å². The Morgan fingerprint density at radius 1 is 1.16 bits per heavy atom. The van der Waals surface area contributed by atoms with E-state index in [2.05, 4.69) is 25.8 Å². The summed E-state index contributed by atoms with van der Waals surface area (Å²) < 4.78 is 10.8. The third-order valence-electron chi connectivity index (χ3n) is 3.74. The third-order valence-corrected chi connectivity index (χ3v) is 3.74. The van der Waals surface area contributed by atoms with Crippen LogP contribution in [0.25, 0.3) is 0 Å². The van der Waals surface area contributed by atoms with E-state index >= 15 is 0 Å². The fourth-order valence-corrected chi connectivity index (χ4v) is 1.86. The monoisotopic (exact) mass is 266 g/mol. The first-order valence-electron chi connectivity index (χ1n) is 6.48. The fourth-order valence-electron chi connectivity index (χ4n) is 1.86. The number of nitrogens with two attached hydrogens (primary N) is 1. The molecule has 0 saturated heterocycles. The van der Waals surface area contributed by atoms with E-state index in [0.29, 0.717) is 6.54 Å². The lowest BCUT2D eigenvalue weighted by Gasteiger charge is -2.35. The Morgan fingerprint density at radius 2 is 1.74 bits per heavy atom. The molecular weight excluding hydrogens is 240 g/mol. The zero-order chi connectivity index (χ0) is 14.6. The minimum absolute atomic E-state index is 0.0524. The molecule has 0 atom stereocenters. The highest BCUT2D eigenvalue weighted by Crippen LogP contribution is 2.30. The van der Waals surface area contributed by atoms with Gasteiger partial charge in [-0.25, -0.2) is 0 Å². The predicted molar refractivity (Wildman–Crippen MR) is 78.9 cm³/mol. The van der Waals surface area contributed by atoms with Crippen molar-refractivity contribution >= 4 is 0 Å². The maximum Gasteiger partial charge on any atom is 0.123 e. The van der Waals surface area contributed by atoms with Gasteiger partial charge < -0.3 is 15.2 Å². The molecule has 1 aromatic rings. The van der Waals surface area contributed by atoms with Crippen LogP contribution in [0, 0.1) is 6.92 Å². The van der Waals surface area contributed by atoms with Gasteiger partial charge in [0.05, 0.1) is 14.2 Å². The van der Waals surface area contributed by atoms with E-state index in [1.54, 1.807) is 14.2 Å². The van der Waals surface area contributed by atoms with Crippen LogP contribution in [0.3, 0.4) is 0 Å². The van der Waals surface area contributed by atoms with Crippen molar-refractivity contribution in [3.63, 3.8) is 0 Å². The van der Waals surface area contributed by atoms with Crippen LogP contribution in [-0.2, 0) is 6.54 Å². The Hall–Kier alpha value is -1.26. The second kappa shape index (κ2) is 6.26. The predicted octanol–water partition coefficient (Wildman–Crippen LogP) is 2.18. The first-order valence-corrected chi connectivity index (χ1v) is 6.48. The molecule has 0 radical (unpaired) electrons. The van der Waals surface area contributed by atoms with Crippen LogP contribution < -0.4 is 15.2 Å². The van der Waals surface area contributed by atoms with Crippen molar-refractivity contribution in [2.45, 2.75) is 32.9 Å². The molecule has 1 aromatic carbocycles. The highest BCUT2D eigenvalue weighted by molar-refractivity contribution is 5.45. The van der Waals surface area contributed by atoms with Crippen LogP contribution in [0.2, 0.25) is 0 Å². The normalized spacial score (nSPS) is 11.8. The van der Waals surface area contributed by atoms with Crippen molar-refractivity contribution in [2.75, 3.05) is 27.8 Å². The van der Waals surface area contributed by atoms with Crippen LogP contribution in [-0.4, -0.2) is 38.3 Å². The molecule has 0 fully saturated rings. The van der Waals surface area contributed by atoms with Gasteiger partial charge >= 0.3 is 0 Å². The molecule has 0 bridgehead atoms. The Bertz CT molecular complexity index is 430. The zero-order valence-electron chi connectivity index (χ0n) is 12.9. The van der Waals surface area contributed by atoms with Crippen molar-refractivity contribution < 1.29 is 9.47 Å². The molecular formula is C15H26N2O2. The van der Waals surface area contributed by atoms with Gasteiger partial charge in [0.25, 0.3) is 0 Å². The molecule has 0 aliphatic rings. The molecule has 0 aromatic heterocycles.